The van der Waals surface area contributed by atoms with E-state index in [-0.39, 0.29) is 42.7 Å². The van der Waals surface area contributed by atoms with E-state index in [9.17, 15) is 23.2 Å². The van der Waals surface area contributed by atoms with Gasteiger partial charge in [-0.25, -0.2) is 13.5 Å². The molecular formula is C28H38N4O6S. The van der Waals surface area contributed by atoms with Crippen LogP contribution in [0.4, 0.5) is 5.69 Å². The molecule has 3 N–H and O–H groups in total. The van der Waals surface area contributed by atoms with E-state index in [1.54, 1.807) is 12.1 Å². The van der Waals surface area contributed by atoms with Gasteiger partial charge in [-0.15, -0.1) is 0 Å². The van der Waals surface area contributed by atoms with Crippen molar-refractivity contribution in [3.63, 3.8) is 0 Å². The first-order chi connectivity index (χ1) is 18.8. The summed E-state index contributed by atoms with van der Waals surface area (Å²) in [6.45, 7) is 2.57. The van der Waals surface area contributed by atoms with Crippen molar-refractivity contribution in [2.75, 3.05) is 51.3 Å². The van der Waals surface area contributed by atoms with Crippen molar-refractivity contribution in [1.29, 1.82) is 0 Å². The standard InChI is InChI=1S/C28H38N4O6S/c1-38-20-19-32(35)27(34)28(13-15-29-16-14-28)39(36,37)25-9-7-24(8-10-25)31-17-11-23(12-18-31)26(33)30-21-22-5-3-2-4-6-22/h2-10,23,29,35H,11-21H2,1H3,(H,30,33). The van der Waals surface area contributed by atoms with Crippen LogP contribution in [0.3, 0.4) is 0 Å². The number of benzene rings is 2. The third-order valence-corrected chi connectivity index (χ3v) is 10.2. The Labute approximate surface area is 230 Å². The predicted octanol–water partition coefficient (Wildman–Crippen LogP) is 1.98. The molecule has 2 amide bonds. The monoisotopic (exact) mass is 558 g/mol. The van der Waals surface area contributed by atoms with Crippen LogP contribution in [-0.2, 0) is 30.7 Å². The Bertz CT molecular complexity index is 1210. The average molecular weight is 559 g/mol. The highest BCUT2D eigenvalue weighted by Gasteiger charge is 2.53. The Morgan fingerprint density at radius 1 is 1.08 bits per heavy atom. The van der Waals surface area contributed by atoms with Crippen molar-refractivity contribution in [2.24, 2.45) is 5.92 Å². The van der Waals surface area contributed by atoms with Crippen LogP contribution >= 0.6 is 0 Å². The van der Waals surface area contributed by atoms with E-state index in [4.69, 9.17) is 4.74 Å². The first-order valence-electron chi connectivity index (χ1n) is 13.4. The molecule has 2 heterocycles. The van der Waals surface area contributed by atoms with Gasteiger partial charge in [0.1, 0.15) is 0 Å². The maximum absolute atomic E-state index is 13.8. The summed E-state index contributed by atoms with van der Waals surface area (Å²) in [6.07, 6.45) is 1.55. The highest BCUT2D eigenvalue weighted by atomic mass is 32.2. The third-order valence-electron chi connectivity index (χ3n) is 7.74. The summed E-state index contributed by atoms with van der Waals surface area (Å²) in [6, 6.07) is 16.4. The summed E-state index contributed by atoms with van der Waals surface area (Å²) in [5.41, 5.74) is 1.93. The van der Waals surface area contributed by atoms with Crippen molar-refractivity contribution in [3.8, 4) is 0 Å². The zero-order valence-electron chi connectivity index (χ0n) is 22.3. The summed E-state index contributed by atoms with van der Waals surface area (Å²) >= 11 is 0. The molecule has 11 heteroatoms. The molecule has 0 saturated carbocycles. The van der Waals surface area contributed by atoms with Gasteiger partial charge in [-0.3, -0.25) is 14.8 Å². The topological polar surface area (TPSA) is 128 Å². The molecular weight excluding hydrogens is 520 g/mol. The number of hydrogen-bond acceptors (Lipinski definition) is 8. The highest BCUT2D eigenvalue weighted by Crippen LogP contribution is 2.36. The van der Waals surface area contributed by atoms with E-state index in [2.05, 4.69) is 15.5 Å². The summed E-state index contributed by atoms with van der Waals surface area (Å²) < 4.78 is 30.8. The Morgan fingerprint density at radius 3 is 2.33 bits per heavy atom. The van der Waals surface area contributed by atoms with Gasteiger partial charge >= 0.3 is 0 Å². The van der Waals surface area contributed by atoms with E-state index in [1.807, 2.05) is 30.3 Å². The first kappa shape index (κ1) is 29.0. The summed E-state index contributed by atoms with van der Waals surface area (Å²) in [5, 5.41) is 16.9. The molecule has 0 bridgehead atoms. The van der Waals surface area contributed by atoms with Gasteiger partial charge in [0.2, 0.25) is 5.91 Å². The second kappa shape index (κ2) is 12.9. The van der Waals surface area contributed by atoms with Gasteiger partial charge in [-0.1, -0.05) is 30.3 Å². The number of methoxy groups -OCH3 is 1. The maximum atomic E-state index is 13.8. The average Bonchev–Trinajstić information content (AvgIpc) is 2.99. The molecule has 0 aromatic heterocycles. The number of piperidine rings is 2. The second-order valence-electron chi connectivity index (χ2n) is 10.1. The number of carbonyl (C=O) groups is 2. The van der Waals surface area contributed by atoms with E-state index < -0.39 is 20.5 Å². The number of nitrogens with one attached hydrogen (secondary N) is 2. The minimum atomic E-state index is -4.09. The van der Waals surface area contributed by atoms with Gasteiger partial charge in [0.25, 0.3) is 5.91 Å². The number of rotatable bonds is 10. The number of hydrogen-bond donors (Lipinski definition) is 3. The first-order valence-corrected chi connectivity index (χ1v) is 14.9. The lowest BCUT2D eigenvalue weighted by molar-refractivity contribution is -0.171. The molecule has 4 rings (SSSR count). The minimum absolute atomic E-state index is 0.0526. The molecule has 2 fully saturated rings. The van der Waals surface area contributed by atoms with Crippen LogP contribution in [0.2, 0.25) is 0 Å². The van der Waals surface area contributed by atoms with Crippen LogP contribution in [0.5, 0.6) is 0 Å². The largest absolute Gasteiger partial charge is 0.383 e. The number of nitrogens with zero attached hydrogens (tertiary/aromatic N) is 2. The van der Waals surface area contributed by atoms with Crippen LogP contribution in [0.1, 0.15) is 31.2 Å². The molecule has 2 aliphatic heterocycles. The van der Waals surface area contributed by atoms with Gasteiger partial charge in [0.15, 0.2) is 14.6 Å². The van der Waals surface area contributed by atoms with Crippen LogP contribution in [0.15, 0.2) is 59.5 Å². The second-order valence-corrected chi connectivity index (χ2v) is 12.4. The molecule has 212 valence electrons. The van der Waals surface area contributed by atoms with Crippen molar-refractivity contribution in [1.82, 2.24) is 15.7 Å². The lowest BCUT2D eigenvalue weighted by atomic mass is 9.95. The van der Waals surface area contributed by atoms with E-state index in [0.717, 1.165) is 11.3 Å². The van der Waals surface area contributed by atoms with Crippen LogP contribution < -0.4 is 15.5 Å². The lowest BCUT2D eigenvalue weighted by Gasteiger charge is -2.37. The quantitative estimate of drug-likeness (QED) is 0.298. The molecule has 2 aromatic rings. The Morgan fingerprint density at radius 2 is 1.72 bits per heavy atom. The van der Waals surface area contributed by atoms with Crippen molar-refractivity contribution < 1.29 is 28.0 Å². The number of sulfone groups is 1. The molecule has 0 atom stereocenters. The third kappa shape index (κ3) is 6.43. The van der Waals surface area contributed by atoms with Crippen molar-refractivity contribution in [3.05, 3.63) is 60.2 Å². The van der Waals surface area contributed by atoms with Crippen LogP contribution in [0.25, 0.3) is 0 Å². The molecule has 2 saturated heterocycles. The molecule has 2 aromatic carbocycles. The molecule has 2 aliphatic rings. The zero-order valence-corrected chi connectivity index (χ0v) is 23.2. The molecule has 0 unspecified atom stereocenters. The van der Waals surface area contributed by atoms with Gasteiger partial charge in [-0.05, 0) is 68.6 Å². The van der Waals surface area contributed by atoms with Gasteiger partial charge in [0.05, 0.1) is 18.0 Å². The van der Waals surface area contributed by atoms with Crippen molar-refractivity contribution >= 4 is 27.3 Å². The molecule has 0 aliphatic carbocycles. The molecule has 39 heavy (non-hydrogen) atoms. The lowest BCUT2D eigenvalue weighted by Crippen LogP contribution is -2.58. The van der Waals surface area contributed by atoms with Crippen LogP contribution in [0, 0.1) is 5.92 Å². The molecule has 0 radical (unpaired) electrons. The van der Waals surface area contributed by atoms with Crippen LogP contribution in [-0.4, -0.2) is 81.7 Å². The number of hydroxylamine groups is 2. The SMILES string of the molecule is COCCN(O)C(=O)C1(S(=O)(=O)c2ccc(N3CCC(C(=O)NCc4ccccc4)CC3)cc2)CCNCC1. The smallest absolute Gasteiger partial charge is 0.267 e. The van der Waals surface area contributed by atoms with Gasteiger partial charge in [0, 0.05) is 38.3 Å². The maximum Gasteiger partial charge on any atom is 0.267 e. The van der Waals surface area contributed by atoms with Gasteiger partial charge in [-0.2, -0.15) is 0 Å². The fraction of sp³-hybridized carbons (Fsp3) is 0.500. The summed E-state index contributed by atoms with van der Waals surface area (Å²) in [7, 11) is -2.65. The van der Waals surface area contributed by atoms with Gasteiger partial charge < -0.3 is 20.3 Å². The zero-order chi connectivity index (χ0) is 27.9. The summed E-state index contributed by atoms with van der Waals surface area (Å²) in [4.78, 5) is 28.1. The van der Waals surface area contributed by atoms with E-state index in [0.29, 0.717) is 50.6 Å². The minimum Gasteiger partial charge on any atom is -0.383 e. The predicted molar refractivity (Wildman–Crippen MR) is 147 cm³/mol. The number of ether oxygens (including phenoxy) is 1. The normalized spacial score (nSPS) is 17.9. The molecule has 10 nitrogen and oxygen atoms in total. The number of amides is 2. The Kier molecular flexibility index (Phi) is 9.60. The fourth-order valence-corrected chi connectivity index (χ4v) is 7.36. The number of anilines is 1. The number of carbonyl (C=O) groups excluding carboxylic acids is 2. The summed E-state index contributed by atoms with van der Waals surface area (Å²) in [5.74, 6) is -0.826. The van der Waals surface area contributed by atoms with E-state index in [1.165, 1.54) is 19.2 Å². The fourth-order valence-electron chi connectivity index (χ4n) is 5.33. The highest BCUT2D eigenvalue weighted by molar-refractivity contribution is 7.93. The van der Waals surface area contributed by atoms with E-state index >= 15 is 0 Å². The Hall–Kier alpha value is -2.99. The van der Waals surface area contributed by atoms with Crippen molar-refractivity contribution in [2.45, 2.75) is 41.9 Å². The molecule has 0 spiro atoms. The Balaban J connectivity index is 1.40.